The number of benzene rings is 2. The van der Waals surface area contributed by atoms with Gasteiger partial charge in [-0.05, 0) is 42.6 Å². The molecule has 26 heavy (non-hydrogen) atoms. The molecule has 0 saturated carbocycles. The highest BCUT2D eigenvalue weighted by molar-refractivity contribution is 6.40. The maximum Gasteiger partial charge on any atom is 0.337 e. The van der Waals surface area contributed by atoms with Gasteiger partial charge >= 0.3 is 5.97 Å². The Morgan fingerprint density at radius 2 is 1.92 bits per heavy atom. The number of aromatic nitrogens is 2. The fourth-order valence-corrected chi connectivity index (χ4v) is 3.14. The van der Waals surface area contributed by atoms with Gasteiger partial charge in [-0.15, -0.1) is 0 Å². The van der Waals surface area contributed by atoms with Crippen molar-refractivity contribution in [1.29, 1.82) is 0 Å². The predicted octanol–water partition coefficient (Wildman–Crippen LogP) is 4.28. The SMILES string of the molecule is COC(=O)c1cc(NC(=O)c2ccnc(C)n2)c2c(Cl)cc(Cl)cc2c1. The van der Waals surface area contributed by atoms with E-state index in [4.69, 9.17) is 27.9 Å². The first-order chi connectivity index (χ1) is 12.4. The van der Waals surface area contributed by atoms with Crippen molar-refractivity contribution >= 4 is 51.5 Å². The van der Waals surface area contributed by atoms with Gasteiger partial charge in [0.1, 0.15) is 11.5 Å². The van der Waals surface area contributed by atoms with Gasteiger partial charge in [0.2, 0.25) is 0 Å². The van der Waals surface area contributed by atoms with Gasteiger partial charge in [-0.25, -0.2) is 14.8 Å². The standard InChI is InChI=1S/C18H13Cl2N3O3/c1-9-21-4-3-14(22-9)17(24)23-15-7-11(18(25)26-2)5-10-6-12(19)8-13(20)16(10)15/h3-8H,1-2H3,(H,23,24). The molecule has 0 fully saturated rings. The molecule has 8 heteroatoms. The number of nitrogens with zero attached hydrogens (tertiary/aromatic N) is 2. The number of hydrogen-bond donors (Lipinski definition) is 1. The average Bonchev–Trinajstić information content (AvgIpc) is 2.60. The molecule has 3 rings (SSSR count). The zero-order valence-corrected chi connectivity index (χ0v) is 15.4. The van der Waals surface area contributed by atoms with Crippen LogP contribution in [0.1, 0.15) is 26.7 Å². The number of ether oxygens (including phenoxy) is 1. The smallest absolute Gasteiger partial charge is 0.337 e. The van der Waals surface area contributed by atoms with E-state index in [1.165, 1.54) is 25.4 Å². The first-order valence-electron chi connectivity index (χ1n) is 7.51. The number of esters is 1. The Morgan fingerprint density at radius 1 is 1.15 bits per heavy atom. The molecule has 1 N–H and O–H groups in total. The topological polar surface area (TPSA) is 81.2 Å². The third-order valence-corrected chi connectivity index (χ3v) is 4.16. The van der Waals surface area contributed by atoms with E-state index in [-0.39, 0.29) is 11.3 Å². The van der Waals surface area contributed by atoms with E-state index in [1.807, 2.05) is 0 Å². The van der Waals surface area contributed by atoms with Gasteiger partial charge in [0, 0.05) is 16.6 Å². The molecule has 0 aliphatic heterocycles. The highest BCUT2D eigenvalue weighted by Gasteiger charge is 2.17. The summed E-state index contributed by atoms with van der Waals surface area (Å²) in [7, 11) is 1.28. The number of aryl methyl sites for hydroxylation is 1. The summed E-state index contributed by atoms with van der Waals surface area (Å²) in [6.45, 7) is 1.68. The molecule has 2 aromatic carbocycles. The number of fused-ring (bicyclic) bond motifs is 1. The monoisotopic (exact) mass is 389 g/mol. The molecule has 0 aliphatic rings. The van der Waals surface area contributed by atoms with Crippen LogP contribution in [-0.2, 0) is 4.74 Å². The van der Waals surface area contributed by atoms with Crippen LogP contribution in [0.4, 0.5) is 5.69 Å². The fourth-order valence-electron chi connectivity index (χ4n) is 2.53. The zero-order valence-electron chi connectivity index (χ0n) is 13.8. The molecule has 1 amide bonds. The van der Waals surface area contributed by atoms with Crippen molar-refractivity contribution in [3.63, 3.8) is 0 Å². The second kappa shape index (κ2) is 7.27. The van der Waals surface area contributed by atoms with E-state index in [0.717, 1.165) is 0 Å². The summed E-state index contributed by atoms with van der Waals surface area (Å²) in [6, 6.07) is 7.81. The lowest BCUT2D eigenvalue weighted by Crippen LogP contribution is -2.15. The minimum atomic E-state index is -0.545. The quantitative estimate of drug-likeness (QED) is 0.675. The van der Waals surface area contributed by atoms with Crippen molar-refractivity contribution in [2.24, 2.45) is 0 Å². The predicted molar refractivity (Wildman–Crippen MR) is 100 cm³/mol. The Morgan fingerprint density at radius 3 is 2.62 bits per heavy atom. The minimum Gasteiger partial charge on any atom is -0.465 e. The number of hydrogen-bond acceptors (Lipinski definition) is 5. The number of rotatable bonds is 3. The van der Waals surface area contributed by atoms with Gasteiger partial charge in [0.15, 0.2) is 0 Å². The van der Waals surface area contributed by atoms with Gasteiger partial charge in [0.05, 0.1) is 23.4 Å². The molecule has 132 valence electrons. The van der Waals surface area contributed by atoms with Crippen molar-refractivity contribution in [2.75, 3.05) is 12.4 Å². The summed E-state index contributed by atoms with van der Waals surface area (Å²) >= 11 is 12.4. The van der Waals surface area contributed by atoms with Crippen LogP contribution in [0.25, 0.3) is 10.8 Å². The van der Waals surface area contributed by atoms with E-state index in [2.05, 4.69) is 15.3 Å². The zero-order chi connectivity index (χ0) is 18.8. The molecule has 1 aromatic heterocycles. The van der Waals surface area contributed by atoms with Crippen molar-refractivity contribution in [1.82, 2.24) is 9.97 Å². The first-order valence-corrected chi connectivity index (χ1v) is 8.26. The number of nitrogens with one attached hydrogen (secondary N) is 1. The molecular weight excluding hydrogens is 377 g/mol. The lowest BCUT2D eigenvalue weighted by Gasteiger charge is -2.13. The van der Waals surface area contributed by atoms with E-state index < -0.39 is 11.9 Å². The van der Waals surface area contributed by atoms with Crippen LogP contribution in [0.5, 0.6) is 0 Å². The molecular formula is C18H13Cl2N3O3. The second-order valence-corrected chi connectivity index (χ2v) is 6.29. The Balaban J connectivity index is 2.13. The van der Waals surface area contributed by atoms with E-state index in [9.17, 15) is 9.59 Å². The van der Waals surface area contributed by atoms with Crippen LogP contribution < -0.4 is 5.32 Å². The molecule has 6 nitrogen and oxygen atoms in total. The van der Waals surface area contributed by atoms with Crippen molar-refractivity contribution in [2.45, 2.75) is 6.92 Å². The van der Waals surface area contributed by atoms with Crippen molar-refractivity contribution in [3.8, 4) is 0 Å². The summed E-state index contributed by atoms with van der Waals surface area (Å²) < 4.78 is 4.77. The van der Waals surface area contributed by atoms with Gasteiger partial charge in [-0.3, -0.25) is 4.79 Å². The lowest BCUT2D eigenvalue weighted by atomic mass is 10.0. The van der Waals surface area contributed by atoms with Gasteiger partial charge in [0.25, 0.3) is 5.91 Å². The Kier molecular flexibility index (Phi) is 5.06. The third kappa shape index (κ3) is 3.61. The highest BCUT2D eigenvalue weighted by Crippen LogP contribution is 2.35. The summed E-state index contributed by atoms with van der Waals surface area (Å²) in [5, 5.41) is 4.65. The van der Waals surface area contributed by atoms with E-state index in [0.29, 0.717) is 32.3 Å². The second-order valence-electron chi connectivity index (χ2n) is 5.44. The van der Waals surface area contributed by atoms with E-state index in [1.54, 1.807) is 25.1 Å². The number of methoxy groups -OCH3 is 1. The van der Waals surface area contributed by atoms with Crippen LogP contribution >= 0.6 is 23.2 Å². The Bertz CT molecular complexity index is 1040. The Hall–Kier alpha value is -2.70. The van der Waals surface area contributed by atoms with E-state index >= 15 is 0 Å². The van der Waals surface area contributed by atoms with Crippen molar-refractivity contribution in [3.05, 3.63) is 63.7 Å². The van der Waals surface area contributed by atoms with Gasteiger partial charge in [-0.1, -0.05) is 23.2 Å². The molecule has 0 unspecified atom stereocenters. The highest BCUT2D eigenvalue weighted by atomic mass is 35.5. The largest absolute Gasteiger partial charge is 0.465 e. The number of anilines is 1. The Labute approximate surface area is 159 Å². The summed E-state index contributed by atoms with van der Waals surface area (Å²) in [6.07, 6.45) is 1.49. The number of carbonyl (C=O) groups excluding carboxylic acids is 2. The normalized spacial score (nSPS) is 10.6. The molecule has 1 heterocycles. The summed E-state index contributed by atoms with van der Waals surface area (Å²) in [5.41, 5.74) is 0.803. The van der Waals surface area contributed by atoms with Crippen LogP contribution in [-0.4, -0.2) is 29.0 Å². The van der Waals surface area contributed by atoms with Crippen molar-refractivity contribution < 1.29 is 14.3 Å². The van der Waals surface area contributed by atoms with Crippen LogP contribution in [0.15, 0.2) is 36.5 Å². The van der Waals surface area contributed by atoms with Gasteiger partial charge < -0.3 is 10.1 Å². The number of halogens is 2. The molecule has 0 radical (unpaired) electrons. The summed E-state index contributed by atoms with van der Waals surface area (Å²) in [4.78, 5) is 32.6. The maximum absolute atomic E-state index is 12.6. The number of amides is 1. The van der Waals surface area contributed by atoms with Crippen LogP contribution in [0.3, 0.4) is 0 Å². The van der Waals surface area contributed by atoms with Gasteiger partial charge in [-0.2, -0.15) is 0 Å². The molecule has 0 bridgehead atoms. The molecule has 3 aromatic rings. The number of carbonyl (C=O) groups is 2. The fraction of sp³-hybridized carbons (Fsp3) is 0.111. The van der Waals surface area contributed by atoms with Crippen LogP contribution in [0, 0.1) is 6.92 Å². The first kappa shape index (κ1) is 18.1. The third-order valence-electron chi connectivity index (χ3n) is 3.64. The molecule has 0 saturated heterocycles. The lowest BCUT2D eigenvalue weighted by molar-refractivity contribution is 0.0600. The summed E-state index contributed by atoms with van der Waals surface area (Å²) in [5.74, 6) is -0.531. The van der Waals surface area contributed by atoms with Crippen LogP contribution in [0.2, 0.25) is 10.0 Å². The minimum absolute atomic E-state index is 0.194. The molecule has 0 aliphatic carbocycles. The maximum atomic E-state index is 12.6. The molecule has 0 atom stereocenters. The average molecular weight is 390 g/mol. The molecule has 0 spiro atoms.